The third-order valence-electron chi connectivity index (χ3n) is 2.60. The van der Waals surface area contributed by atoms with Gasteiger partial charge in [-0.3, -0.25) is 0 Å². The third kappa shape index (κ3) is 4.35. The molecule has 0 aliphatic heterocycles. The van der Waals surface area contributed by atoms with Crippen molar-refractivity contribution in [1.29, 1.82) is 0 Å². The molecule has 2 rings (SSSR count). The van der Waals surface area contributed by atoms with Gasteiger partial charge >= 0.3 is 0 Å². The lowest BCUT2D eigenvalue weighted by atomic mass is 10.4. The predicted octanol–water partition coefficient (Wildman–Crippen LogP) is 3.10. The molecule has 0 aromatic carbocycles. The SMILES string of the molecule is CCNC(=NCc1ccon1)N(C)Cc1ccc(Br)s1. The van der Waals surface area contributed by atoms with Crippen molar-refractivity contribution < 1.29 is 4.52 Å². The molecule has 2 aromatic rings. The number of hydrogen-bond acceptors (Lipinski definition) is 4. The van der Waals surface area contributed by atoms with Gasteiger partial charge in [0.15, 0.2) is 5.96 Å². The standard InChI is InChI=1S/C13H17BrN4OS/c1-3-15-13(16-8-10-6-7-19-17-10)18(2)9-11-4-5-12(14)20-11/h4-7H,3,8-9H2,1-2H3,(H,15,16). The van der Waals surface area contributed by atoms with Crippen LogP contribution in [0.2, 0.25) is 0 Å². The second-order valence-corrected chi connectivity index (χ2v) is 6.77. The summed E-state index contributed by atoms with van der Waals surface area (Å²) in [6, 6.07) is 6.00. The third-order valence-corrected chi connectivity index (χ3v) is 4.21. The highest BCUT2D eigenvalue weighted by atomic mass is 79.9. The Bertz CT molecular complexity index is 552. The van der Waals surface area contributed by atoms with E-state index < -0.39 is 0 Å². The molecule has 0 spiro atoms. The minimum absolute atomic E-state index is 0.511. The smallest absolute Gasteiger partial charge is 0.194 e. The Kier molecular flexibility index (Phi) is 5.60. The molecular weight excluding hydrogens is 340 g/mol. The van der Waals surface area contributed by atoms with E-state index in [1.807, 2.05) is 13.1 Å². The fourth-order valence-electron chi connectivity index (χ4n) is 1.69. The monoisotopic (exact) mass is 356 g/mol. The number of guanidine groups is 1. The summed E-state index contributed by atoms with van der Waals surface area (Å²) in [5, 5.41) is 7.14. The number of aromatic nitrogens is 1. The fourth-order valence-corrected chi connectivity index (χ4v) is 3.23. The lowest BCUT2D eigenvalue weighted by molar-refractivity contribution is 0.411. The molecule has 0 unspecified atom stereocenters. The summed E-state index contributed by atoms with van der Waals surface area (Å²) in [6.07, 6.45) is 1.56. The molecule has 108 valence electrons. The molecule has 7 heteroatoms. The summed E-state index contributed by atoms with van der Waals surface area (Å²) in [5.41, 5.74) is 0.827. The van der Waals surface area contributed by atoms with E-state index in [0.29, 0.717) is 6.54 Å². The van der Waals surface area contributed by atoms with E-state index in [1.54, 1.807) is 17.6 Å². The minimum atomic E-state index is 0.511. The van der Waals surface area contributed by atoms with Crippen molar-refractivity contribution in [1.82, 2.24) is 15.4 Å². The molecule has 0 aliphatic rings. The molecule has 5 nitrogen and oxygen atoms in total. The van der Waals surface area contributed by atoms with Crippen LogP contribution < -0.4 is 5.32 Å². The molecule has 0 amide bonds. The van der Waals surface area contributed by atoms with Crippen LogP contribution in [0, 0.1) is 0 Å². The number of halogens is 1. The van der Waals surface area contributed by atoms with Gasteiger partial charge in [0.2, 0.25) is 0 Å². The highest BCUT2D eigenvalue weighted by molar-refractivity contribution is 9.11. The Morgan fingerprint density at radius 1 is 1.50 bits per heavy atom. The van der Waals surface area contributed by atoms with Crippen LogP contribution in [0.4, 0.5) is 0 Å². The number of nitrogens with one attached hydrogen (secondary N) is 1. The number of thiophene rings is 1. The summed E-state index contributed by atoms with van der Waals surface area (Å²) in [5.74, 6) is 0.861. The highest BCUT2D eigenvalue weighted by Gasteiger charge is 2.08. The molecule has 2 aromatic heterocycles. The second-order valence-electron chi connectivity index (χ2n) is 4.22. The summed E-state index contributed by atoms with van der Waals surface area (Å²) < 4.78 is 5.95. The lowest BCUT2D eigenvalue weighted by Crippen LogP contribution is -2.38. The van der Waals surface area contributed by atoms with Crippen molar-refractivity contribution in [3.8, 4) is 0 Å². The molecule has 0 fully saturated rings. The summed E-state index contributed by atoms with van der Waals surface area (Å²) in [4.78, 5) is 7.94. The quantitative estimate of drug-likeness (QED) is 0.660. The molecule has 2 heterocycles. The van der Waals surface area contributed by atoms with E-state index in [-0.39, 0.29) is 0 Å². The molecule has 0 aliphatic carbocycles. The van der Waals surface area contributed by atoms with Crippen LogP contribution in [0.15, 0.2) is 37.8 Å². The number of aliphatic imine (C=N–C) groups is 1. The van der Waals surface area contributed by atoms with E-state index >= 15 is 0 Å². The zero-order chi connectivity index (χ0) is 14.4. The van der Waals surface area contributed by atoms with Gasteiger partial charge in [-0.25, -0.2) is 4.99 Å². The Hall–Kier alpha value is -1.34. The predicted molar refractivity (Wildman–Crippen MR) is 84.8 cm³/mol. The molecular formula is C13H17BrN4OS. The van der Waals surface area contributed by atoms with Crippen LogP contribution in [-0.4, -0.2) is 29.6 Å². The van der Waals surface area contributed by atoms with Gasteiger partial charge in [0.25, 0.3) is 0 Å². The Labute approximate surface area is 130 Å². The number of rotatable bonds is 5. The summed E-state index contributed by atoms with van der Waals surface area (Å²) >= 11 is 5.21. The van der Waals surface area contributed by atoms with Gasteiger partial charge in [-0.1, -0.05) is 5.16 Å². The maximum absolute atomic E-state index is 4.81. The highest BCUT2D eigenvalue weighted by Crippen LogP contribution is 2.22. The maximum Gasteiger partial charge on any atom is 0.194 e. The first-order valence-corrected chi connectivity index (χ1v) is 7.93. The van der Waals surface area contributed by atoms with Gasteiger partial charge in [0.05, 0.1) is 16.9 Å². The lowest BCUT2D eigenvalue weighted by Gasteiger charge is -2.21. The average Bonchev–Trinajstić information content (AvgIpc) is 3.06. The first kappa shape index (κ1) is 15.1. The van der Waals surface area contributed by atoms with Crippen LogP contribution in [0.5, 0.6) is 0 Å². The molecule has 0 radical (unpaired) electrons. The van der Waals surface area contributed by atoms with Crippen LogP contribution in [0.1, 0.15) is 17.5 Å². The van der Waals surface area contributed by atoms with Crippen molar-refractivity contribution in [3.63, 3.8) is 0 Å². The van der Waals surface area contributed by atoms with Crippen LogP contribution in [0.3, 0.4) is 0 Å². The fraction of sp³-hybridized carbons (Fsp3) is 0.385. The molecule has 0 bridgehead atoms. The summed E-state index contributed by atoms with van der Waals surface area (Å²) in [6.45, 7) is 4.22. The van der Waals surface area contributed by atoms with Crippen molar-refractivity contribution >= 4 is 33.2 Å². The number of nitrogens with zero attached hydrogens (tertiary/aromatic N) is 3. The Morgan fingerprint density at radius 3 is 2.95 bits per heavy atom. The van der Waals surface area contributed by atoms with Crippen LogP contribution >= 0.6 is 27.3 Å². The van der Waals surface area contributed by atoms with Gasteiger partial charge in [-0.05, 0) is 35.0 Å². The zero-order valence-electron chi connectivity index (χ0n) is 11.5. The van der Waals surface area contributed by atoms with Crippen LogP contribution in [0.25, 0.3) is 0 Å². The Morgan fingerprint density at radius 2 is 2.35 bits per heavy atom. The molecule has 0 saturated carbocycles. The summed E-state index contributed by atoms with van der Waals surface area (Å²) in [7, 11) is 2.03. The van der Waals surface area contributed by atoms with Crippen molar-refractivity contribution in [2.45, 2.75) is 20.0 Å². The van der Waals surface area contributed by atoms with Crippen LogP contribution in [-0.2, 0) is 13.1 Å². The van der Waals surface area contributed by atoms with Crippen molar-refractivity contribution in [2.24, 2.45) is 4.99 Å². The zero-order valence-corrected chi connectivity index (χ0v) is 13.9. The van der Waals surface area contributed by atoms with E-state index in [2.05, 4.69) is 55.4 Å². The van der Waals surface area contributed by atoms with Crippen molar-refractivity contribution in [3.05, 3.63) is 38.8 Å². The minimum Gasteiger partial charge on any atom is -0.364 e. The van der Waals surface area contributed by atoms with Gasteiger partial charge in [-0.2, -0.15) is 0 Å². The normalized spacial score (nSPS) is 11.7. The maximum atomic E-state index is 4.81. The second kappa shape index (κ2) is 7.44. The van der Waals surface area contributed by atoms with Gasteiger partial charge in [0.1, 0.15) is 12.0 Å². The molecule has 1 N–H and O–H groups in total. The molecule has 0 atom stereocenters. The topological polar surface area (TPSA) is 53.7 Å². The van der Waals surface area contributed by atoms with E-state index in [0.717, 1.165) is 28.5 Å². The first-order chi connectivity index (χ1) is 9.69. The van der Waals surface area contributed by atoms with Gasteiger partial charge < -0.3 is 14.7 Å². The number of hydrogen-bond donors (Lipinski definition) is 1. The first-order valence-electron chi connectivity index (χ1n) is 6.32. The van der Waals surface area contributed by atoms with E-state index in [9.17, 15) is 0 Å². The largest absolute Gasteiger partial charge is 0.364 e. The van der Waals surface area contributed by atoms with Crippen molar-refractivity contribution in [2.75, 3.05) is 13.6 Å². The Balaban J connectivity index is 2.01. The van der Waals surface area contributed by atoms with Gasteiger partial charge in [-0.15, -0.1) is 11.3 Å². The van der Waals surface area contributed by atoms with E-state index in [1.165, 1.54) is 4.88 Å². The molecule has 20 heavy (non-hydrogen) atoms. The molecule has 0 saturated heterocycles. The van der Waals surface area contributed by atoms with E-state index in [4.69, 9.17) is 4.52 Å². The van der Waals surface area contributed by atoms with Gasteiger partial charge in [0, 0.05) is 24.5 Å². The average molecular weight is 357 g/mol.